The van der Waals surface area contributed by atoms with Crippen molar-refractivity contribution in [3.05, 3.63) is 35.5 Å². The quantitative estimate of drug-likeness (QED) is 0.775. The van der Waals surface area contributed by atoms with Crippen molar-refractivity contribution in [2.75, 3.05) is 42.3 Å². The third-order valence-corrected chi connectivity index (χ3v) is 4.92. The first kappa shape index (κ1) is 20.5. The van der Waals surface area contributed by atoms with Crippen molar-refractivity contribution in [1.82, 2.24) is 10.1 Å². The molecule has 11 heteroatoms. The van der Waals surface area contributed by atoms with Gasteiger partial charge in [-0.25, -0.2) is 0 Å². The molecule has 0 radical (unpaired) electrons. The number of ether oxygens (including phenoxy) is 1. The zero-order valence-electron chi connectivity index (χ0n) is 15.1. The first-order chi connectivity index (χ1) is 13.3. The van der Waals surface area contributed by atoms with Gasteiger partial charge in [-0.15, -0.1) is 11.8 Å². The van der Waals surface area contributed by atoms with Crippen LogP contribution in [0.25, 0.3) is 0 Å². The van der Waals surface area contributed by atoms with E-state index in [1.165, 1.54) is 17.8 Å². The highest BCUT2D eigenvalue weighted by Gasteiger charge is 2.34. The number of morpholine rings is 1. The number of alkyl halides is 3. The number of rotatable bonds is 6. The molecule has 1 fully saturated rings. The van der Waals surface area contributed by atoms with E-state index in [9.17, 15) is 18.0 Å². The third-order valence-electron chi connectivity index (χ3n) is 3.99. The van der Waals surface area contributed by atoms with Crippen LogP contribution >= 0.6 is 11.8 Å². The van der Waals surface area contributed by atoms with Gasteiger partial charge in [0.05, 0.1) is 36.0 Å². The summed E-state index contributed by atoms with van der Waals surface area (Å²) in [5, 5.41) is 6.05. The molecule has 1 aromatic heterocycles. The maximum Gasteiger partial charge on any atom is 0.418 e. The summed E-state index contributed by atoms with van der Waals surface area (Å²) in [6.07, 6.45) is -4.58. The van der Waals surface area contributed by atoms with Crippen molar-refractivity contribution in [1.29, 1.82) is 0 Å². The number of halogens is 3. The van der Waals surface area contributed by atoms with Gasteiger partial charge in [0.2, 0.25) is 11.8 Å². The van der Waals surface area contributed by atoms with Gasteiger partial charge < -0.3 is 19.5 Å². The second-order valence-electron chi connectivity index (χ2n) is 6.10. The van der Waals surface area contributed by atoms with E-state index < -0.39 is 17.6 Å². The normalized spacial score (nSPS) is 14.9. The summed E-state index contributed by atoms with van der Waals surface area (Å²) in [5.41, 5.74) is -0.676. The summed E-state index contributed by atoms with van der Waals surface area (Å²) in [5.74, 6) is 0.606. The molecule has 7 nitrogen and oxygen atoms in total. The summed E-state index contributed by atoms with van der Waals surface area (Å²) in [6.45, 7) is 3.63. The highest BCUT2D eigenvalue weighted by atomic mass is 32.2. The van der Waals surface area contributed by atoms with Gasteiger partial charge in [-0.1, -0.05) is 5.16 Å². The Labute approximate surface area is 163 Å². The van der Waals surface area contributed by atoms with Crippen LogP contribution in [-0.4, -0.2) is 48.1 Å². The van der Waals surface area contributed by atoms with Crippen LogP contribution in [0.15, 0.2) is 22.7 Å². The number of nitrogens with zero attached hydrogens (tertiary/aromatic N) is 3. The fourth-order valence-electron chi connectivity index (χ4n) is 2.72. The van der Waals surface area contributed by atoms with Gasteiger partial charge in [-0.2, -0.15) is 18.2 Å². The average molecular weight is 416 g/mol. The molecular weight excluding hydrogens is 397 g/mol. The minimum Gasteiger partial charge on any atom is -0.378 e. The Morgan fingerprint density at radius 3 is 2.71 bits per heavy atom. The fraction of sp³-hybridized carbons (Fsp3) is 0.471. The Balaban J connectivity index is 1.65. The number of benzene rings is 1. The van der Waals surface area contributed by atoms with E-state index in [2.05, 4.69) is 15.5 Å². The number of carbonyl (C=O) groups is 1. The summed E-state index contributed by atoms with van der Waals surface area (Å²) >= 11 is 1.19. The number of hydrogen-bond acceptors (Lipinski definition) is 7. The Hall–Kier alpha value is -2.27. The van der Waals surface area contributed by atoms with Gasteiger partial charge in [-0.05, 0) is 18.2 Å². The van der Waals surface area contributed by atoms with E-state index in [1.54, 1.807) is 13.0 Å². The lowest BCUT2D eigenvalue weighted by molar-refractivity contribution is -0.136. The lowest BCUT2D eigenvalue weighted by Crippen LogP contribution is -2.36. The Morgan fingerprint density at radius 1 is 1.32 bits per heavy atom. The molecule has 1 aliphatic heterocycles. The number of amides is 1. The summed E-state index contributed by atoms with van der Waals surface area (Å²) in [7, 11) is 0. The van der Waals surface area contributed by atoms with E-state index in [4.69, 9.17) is 9.26 Å². The fourth-order valence-corrected chi connectivity index (χ4v) is 3.37. The second-order valence-corrected chi connectivity index (χ2v) is 7.08. The third kappa shape index (κ3) is 5.38. The molecule has 0 saturated carbocycles. The SMILES string of the molecule is Cc1nc(CSCC(=O)Nc2ccc(N3CCOCC3)cc2C(F)(F)F)no1. The van der Waals surface area contributed by atoms with Crippen molar-refractivity contribution in [2.24, 2.45) is 0 Å². The molecule has 0 spiro atoms. The van der Waals surface area contributed by atoms with Crippen LogP contribution in [-0.2, 0) is 21.5 Å². The van der Waals surface area contributed by atoms with E-state index in [1.807, 2.05) is 4.90 Å². The second kappa shape index (κ2) is 8.82. The molecular formula is C17H19F3N4O3S. The monoisotopic (exact) mass is 416 g/mol. The molecule has 0 unspecified atom stereocenters. The smallest absolute Gasteiger partial charge is 0.378 e. The van der Waals surface area contributed by atoms with Gasteiger partial charge >= 0.3 is 6.18 Å². The van der Waals surface area contributed by atoms with Crippen molar-refractivity contribution in [3.63, 3.8) is 0 Å². The Bertz CT molecular complexity index is 822. The van der Waals surface area contributed by atoms with Crippen molar-refractivity contribution in [3.8, 4) is 0 Å². The van der Waals surface area contributed by atoms with Crippen LogP contribution < -0.4 is 10.2 Å². The summed E-state index contributed by atoms with van der Waals surface area (Å²) in [4.78, 5) is 17.9. The van der Waals surface area contributed by atoms with Gasteiger partial charge in [0.25, 0.3) is 0 Å². The molecule has 0 atom stereocenters. The predicted molar refractivity (Wildman–Crippen MR) is 98.3 cm³/mol. The molecule has 3 rings (SSSR count). The average Bonchev–Trinajstić information content (AvgIpc) is 3.07. The summed E-state index contributed by atoms with van der Waals surface area (Å²) in [6, 6.07) is 3.93. The first-order valence-electron chi connectivity index (χ1n) is 8.53. The Morgan fingerprint density at radius 2 is 2.07 bits per heavy atom. The van der Waals surface area contributed by atoms with Crippen LogP contribution in [0.4, 0.5) is 24.5 Å². The molecule has 1 aromatic carbocycles. The molecule has 2 heterocycles. The maximum atomic E-state index is 13.5. The standard InChI is InChI=1S/C17H19F3N4O3S/c1-11-21-15(23-27-11)9-28-10-16(25)22-14-3-2-12(8-13(14)17(18,19)20)24-4-6-26-7-5-24/h2-3,8H,4-7,9-10H2,1H3,(H,22,25). The number of aryl methyl sites for hydroxylation is 1. The van der Waals surface area contributed by atoms with Gasteiger partial charge in [0.1, 0.15) is 0 Å². The molecule has 1 aliphatic rings. The number of hydrogen-bond donors (Lipinski definition) is 1. The topological polar surface area (TPSA) is 80.5 Å². The van der Waals surface area contributed by atoms with E-state index in [-0.39, 0.29) is 11.4 Å². The van der Waals surface area contributed by atoms with Gasteiger partial charge in [0.15, 0.2) is 5.82 Å². The van der Waals surface area contributed by atoms with Crippen molar-refractivity contribution < 1.29 is 27.2 Å². The lowest BCUT2D eigenvalue weighted by atomic mass is 10.1. The molecule has 1 saturated heterocycles. The van der Waals surface area contributed by atoms with E-state index in [0.29, 0.717) is 49.5 Å². The molecule has 2 aromatic rings. The van der Waals surface area contributed by atoms with Crippen molar-refractivity contribution in [2.45, 2.75) is 18.9 Å². The first-order valence-corrected chi connectivity index (χ1v) is 9.69. The molecule has 0 bridgehead atoms. The predicted octanol–water partition coefficient (Wildman–Crippen LogP) is 3.11. The largest absolute Gasteiger partial charge is 0.418 e. The number of aromatic nitrogens is 2. The molecule has 1 N–H and O–H groups in total. The van der Waals surface area contributed by atoms with Crippen LogP contribution in [0.3, 0.4) is 0 Å². The van der Waals surface area contributed by atoms with Gasteiger partial charge in [0, 0.05) is 25.7 Å². The number of carbonyl (C=O) groups excluding carboxylic acids is 1. The van der Waals surface area contributed by atoms with E-state index >= 15 is 0 Å². The van der Waals surface area contributed by atoms with Crippen molar-refractivity contribution >= 4 is 29.0 Å². The molecule has 0 aliphatic carbocycles. The zero-order chi connectivity index (χ0) is 20.1. The molecule has 1 amide bonds. The maximum absolute atomic E-state index is 13.5. The van der Waals surface area contributed by atoms with E-state index in [0.717, 1.165) is 6.07 Å². The highest BCUT2D eigenvalue weighted by molar-refractivity contribution is 7.99. The number of anilines is 2. The molecule has 152 valence electrons. The summed E-state index contributed by atoms with van der Waals surface area (Å²) < 4.78 is 50.5. The van der Waals surface area contributed by atoms with Crippen LogP contribution in [0, 0.1) is 6.92 Å². The van der Waals surface area contributed by atoms with Crippen LogP contribution in [0.5, 0.6) is 0 Å². The zero-order valence-corrected chi connectivity index (χ0v) is 15.9. The highest BCUT2D eigenvalue weighted by Crippen LogP contribution is 2.37. The van der Waals surface area contributed by atoms with Gasteiger partial charge in [-0.3, -0.25) is 4.79 Å². The minimum atomic E-state index is -4.58. The number of thioether (sulfide) groups is 1. The Kier molecular flexibility index (Phi) is 6.45. The molecule has 28 heavy (non-hydrogen) atoms. The number of nitrogens with one attached hydrogen (secondary N) is 1. The lowest BCUT2D eigenvalue weighted by Gasteiger charge is -2.29. The van der Waals surface area contributed by atoms with Crippen LogP contribution in [0.2, 0.25) is 0 Å². The van der Waals surface area contributed by atoms with Crippen LogP contribution in [0.1, 0.15) is 17.3 Å². The minimum absolute atomic E-state index is 0.0316.